The second-order valence-corrected chi connectivity index (χ2v) is 3.26. The van der Waals surface area contributed by atoms with Crippen molar-refractivity contribution in [2.24, 2.45) is 9.98 Å². The maximum atomic E-state index is 8.98. The second kappa shape index (κ2) is 2.94. The lowest BCUT2D eigenvalue weighted by Crippen LogP contribution is -2.26. The smallest absolute Gasteiger partial charge is 0.165 e. The van der Waals surface area contributed by atoms with Gasteiger partial charge in [-0.1, -0.05) is 34.2 Å². The van der Waals surface area contributed by atoms with Crippen molar-refractivity contribution in [2.75, 3.05) is 0 Å². The van der Waals surface area contributed by atoms with E-state index in [2.05, 4.69) is 9.98 Å². The van der Waals surface area contributed by atoms with Gasteiger partial charge in [-0.2, -0.15) is 0 Å². The van der Waals surface area contributed by atoms with Gasteiger partial charge in [0.25, 0.3) is 0 Å². The molecule has 0 radical (unpaired) electrons. The molecule has 0 fully saturated rings. The molecule has 1 N–H and O–H groups in total. The molecule has 0 spiro atoms. The van der Waals surface area contributed by atoms with E-state index in [0.29, 0.717) is 5.17 Å². The van der Waals surface area contributed by atoms with Crippen LogP contribution in [-0.4, -0.2) is 26.8 Å². The van der Waals surface area contributed by atoms with E-state index in [1.54, 1.807) is 0 Å². The van der Waals surface area contributed by atoms with Gasteiger partial charge in [-0.05, 0) is 0 Å². The Bertz CT molecular complexity index is 170. The summed E-state index contributed by atoms with van der Waals surface area (Å²) in [6, 6.07) is 0. The topological polar surface area (TPSA) is 45.0 Å². The van der Waals surface area contributed by atoms with Crippen LogP contribution in [0.25, 0.3) is 0 Å². The molecule has 50 valence electrons. The number of aliphatic imine (C=N–C) groups is 2. The quantitative estimate of drug-likeness (QED) is 0.507. The Balaban J connectivity index is 2.73. The maximum absolute atomic E-state index is 8.98. The molecule has 5 heteroatoms. The molecule has 1 aliphatic heterocycles. The molecule has 2 unspecified atom stereocenters. The van der Waals surface area contributed by atoms with Crippen molar-refractivity contribution < 1.29 is 5.11 Å². The first kappa shape index (κ1) is 7.43. The van der Waals surface area contributed by atoms with Gasteiger partial charge in [-0.15, -0.1) is 0 Å². The average Bonchev–Trinajstić information content (AvgIpc) is 1.83. The molecule has 0 amide bonds. The van der Waals surface area contributed by atoms with E-state index in [9.17, 15) is 0 Å². The molecule has 0 saturated heterocycles. The van der Waals surface area contributed by atoms with E-state index in [4.69, 9.17) is 16.7 Å². The molecule has 1 heterocycles. The van der Waals surface area contributed by atoms with E-state index in [-0.39, 0.29) is 3.92 Å². The molecular formula is C4H4ClIN2O. The van der Waals surface area contributed by atoms with Crippen LogP contribution in [0.4, 0.5) is 0 Å². The van der Waals surface area contributed by atoms with Crippen LogP contribution in [0.1, 0.15) is 0 Å². The standard InChI is InChI=1S/C4H4ClIN2O/c5-3-2(6)4(9)8-1-7-3/h1-2,4,9H. The van der Waals surface area contributed by atoms with Crippen LogP contribution in [0.15, 0.2) is 9.98 Å². The molecule has 0 aromatic heterocycles. The first-order valence-corrected chi connectivity index (χ1v) is 3.91. The lowest BCUT2D eigenvalue weighted by atomic mass is 10.4. The largest absolute Gasteiger partial charge is 0.370 e. The summed E-state index contributed by atoms with van der Waals surface area (Å²) in [5.74, 6) is 0. The number of nitrogens with zero attached hydrogens (tertiary/aromatic N) is 2. The lowest BCUT2D eigenvalue weighted by molar-refractivity contribution is 0.201. The van der Waals surface area contributed by atoms with Crippen molar-refractivity contribution >= 4 is 45.7 Å². The van der Waals surface area contributed by atoms with Crippen LogP contribution < -0.4 is 0 Å². The minimum Gasteiger partial charge on any atom is -0.370 e. The molecule has 0 aromatic carbocycles. The zero-order valence-electron chi connectivity index (χ0n) is 4.33. The van der Waals surface area contributed by atoms with E-state index >= 15 is 0 Å². The Morgan fingerprint density at radius 3 is 2.89 bits per heavy atom. The summed E-state index contributed by atoms with van der Waals surface area (Å²) in [5, 5.41) is 9.38. The predicted octanol–water partition coefficient (Wildman–Crippen LogP) is 0.788. The lowest BCUT2D eigenvalue weighted by Gasteiger charge is -2.13. The number of hydrogen-bond acceptors (Lipinski definition) is 3. The van der Waals surface area contributed by atoms with Crippen molar-refractivity contribution in [1.29, 1.82) is 0 Å². The molecular weight excluding hydrogens is 254 g/mol. The first-order chi connectivity index (χ1) is 4.22. The molecule has 1 aliphatic rings. The number of hydrogen-bond donors (Lipinski definition) is 1. The fraction of sp³-hybridized carbons (Fsp3) is 0.500. The third-order valence-electron chi connectivity index (χ3n) is 0.890. The molecule has 1 rings (SSSR count). The Labute approximate surface area is 71.0 Å². The monoisotopic (exact) mass is 258 g/mol. The minimum absolute atomic E-state index is 0.186. The zero-order chi connectivity index (χ0) is 6.85. The van der Waals surface area contributed by atoms with Gasteiger partial charge >= 0.3 is 0 Å². The highest BCUT2D eigenvalue weighted by Gasteiger charge is 2.21. The molecule has 0 saturated carbocycles. The van der Waals surface area contributed by atoms with E-state index in [0.717, 1.165) is 0 Å². The van der Waals surface area contributed by atoms with Crippen LogP contribution in [0.5, 0.6) is 0 Å². The second-order valence-electron chi connectivity index (χ2n) is 1.53. The maximum Gasteiger partial charge on any atom is 0.165 e. The highest BCUT2D eigenvalue weighted by molar-refractivity contribution is 14.1. The molecule has 3 nitrogen and oxygen atoms in total. The summed E-state index contributed by atoms with van der Waals surface area (Å²) >= 11 is 7.54. The van der Waals surface area contributed by atoms with Gasteiger partial charge in [0.05, 0.1) is 0 Å². The molecule has 0 aromatic rings. The summed E-state index contributed by atoms with van der Waals surface area (Å²) in [6.45, 7) is 0. The summed E-state index contributed by atoms with van der Waals surface area (Å²) in [4.78, 5) is 7.30. The van der Waals surface area contributed by atoms with Crippen molar-refractivity contribution in [2.45, 2.75) is 10.2 Å². The normalized spacial score (nSPS) is 34.3. The minimum atomic E-state index is -0.726. The van der Waals surface area contributed by atoms with Crippen LogP contribution >= 0.6 is 34.2 Å². The van der Waals surface area contributed by atoms with Gasteiger partial charge in [0.2, 0.25) is 0 Å². The highest BCUT2D eigenvalue weighted by atomic mass is 127. The first-order valence-electron chi connectivity index (χ1n) is 2.29. The van der Waals surface area contributed by atoms with Gasteiger partial charge in [0, 0.05) is 0 Å². The Kier molecular flexibility index (Phi) is 2.42. The van der Waals surface area contributed by atoms with Gasteiger partial charge < -0.3 is 5.11 Å². The van der Waals surface area contributed by atoms with Crippen molar-refractivity contribution in [1.82, 2.24) is 0 Å². The van der Waals surface area contributed by atoms with Gasteiger partial charge in [-0.25, -0.2) is 9.98 Å². The van der Waals surface area contributed by atoms with Crippen LogP contribution in [0.3, 0.4) is 0 Å². The Hall–Kier alpha value is 0.320. The van der Waals surface area contributed by atoms with Crippen molar-refractivity contribution in [3.05, 3.63) is 0 Å². The van der Waals surface area contributed by atoms with Gasteiger partial charge in [0.15, 0.2) is 6.23 Å². The van der Waals surface area contributed by atoms with Gasteiger partial charge in [-0.3, -0.25) is 0 Å². The number of aliphatic hydroxyl groups excluding tert-OH is 1. The zero-order valence-corrected chi connectivity index (χ0v) is 7.24. The molecule has 2 atom stereocenters. The van der Waals surface area contributed by atoms with E-state index in [1.807, 2.05) is 22.6 Å². The number of halogens is 2. The fourth-order valence-electron chi connectivity index (χ4n) is 0.427. The molecule has 9 heavy (non-hydrogen) atoms. The van der Waals surface area contributed by atoms with Crippen molar-refractivity contribution in [3.8, 4) is 0 Å². The van der Waals surface area contributed by atoms with E-state index in [1.165, 1.54) is 6.34 Å². The summed E-state index contributed by atoms with van der Waals surface area (Å²) in [5.41, 5.74) is 0. The molecule has 0 bridgehead atoms. The van der Waals surface area contributed by atoms with Crippen LogP contribution in [0, 0.1) is 0 Å². The average molecular weight is 258 g/mol. The fourth-order valence-corrected chi connectivity index (χ4v) is 0.929. The SMILES string of the molecule is OC1N=CN=C(Cl)C1I. The van der Waals surface area contributed by atoms with Gasteiger partial charge in [0.1, 0.15) is 15.4 Å². The number of rotatable bonds is 0. The number of aliphatic hydroxyl groups is 1. The van der Waals surface area contributed by atoms with Crippen LogP contribution in [0.2, 0.25) is 0 Å². The van der Waals surface area contributed by atoms with E-state index < -0.39 is 6.23 Å². The predicted molar refractivity (Wildman–Crippen MR) is 45.6 cm³/mol. The summed E-state index contributed by atoms with van der Waals surface area (Å²) in [6.07, 6.45) is 0.540. The number of alkyl halides is 1. The third-order valence-corrected chi connectivity index (χ3v) is 2.82. The van der Waals surface area contributed by atoms with Crippen LogP contribution in [-0.2, 0) is 0 Å². The van der Waals surface area contributed by atoms with Crippen molar-refractivity contribution in [3.63, 3.8) is 0 Å². The summed E-state index contributed by atoms with van der Waals surface area (Å²) in [7, 11) is 0. The Morgan fingerprint density at radius 1 is 1.78 bits per heavy atom. The Morgan fingerprint density at radius 2 is 2.44 bits per heavy atom. The summed E-state index contributed by atoms with van der Waals surface area (Å²) < 4.78 is -0.186. The third kappa shape index (κ3) is 1.62. The molecule has 0 aliphatic carbocycles. The highest BCUT2D eigenvalue weighted by Crippen LogP contribution is 2.15.